The molecule has 0 saturated heterocycles. The number of amides is 1. The Hall–Kier alpha value is -3.10. The van der Waals surface area contributed by atoms with E-state index in [4.69, 9.17) is 15.6 Å². The smallest absolute Gasteiger partial charge is 0.400 e. The first-order valence-corrected chi connectivity index (χ1v) is 11.0. The molecule has 0 aliphatic carbocycles. The van der Waals surface area contributed by atoms with Crippen LogP contribution in [0.25, 0.3) is 0 Å². The zero-order chi connectivity index (χ0) is 24.9. The van der Waals surface area contributed by atoms with E-state index in [1.165, 1.54) is 23.1 Å². The van der Waals surface area contributed by atoms with Crippen molar-refractivity contribution in [2.45, 2.75) is 23.9 Å². The van der Waals surface area contributed by atoms with E-state index in [-0.39, 0.29) is 42.6 Å². The molecule has 0 fully saturated rings. The van der Waals surface area contributed by atoms with Crippen molar-refractivity contribution in [3.05, 3.63) is 59.2 Å². The van der Waals surface area contributed by atoms with Gasteiger partial charge in [-0.25, -0.2) is 8.60 Å². The van der Waals surface area contributed by atoms with Crippen LogP contribution < -0.4 is 5.73 Å². The van der Waals surface area contributed by atoms with Crippen LogP contribution in [0.5, 0.6) is 0 Å². The number of benzene rings is 1. The number of aromatic nitrogens is 2. The number of ether oxygens (including phenoxy) is 1. The molecule has 1 aliphatic rings. The second-order valence-corrected chi connectivity index (χ2v) is 8.32. The van der Waals surface area contributed by atoms with Crippen LogP contribution in [0.1, 0.15) is 11.7 Å². The van der Waals surface area contributed by atoms with Crippen LogP contribution in [-0.4, -0.2) is 68.6 Å². The molecule has 2 heterocycles. The fraction of sp³-hybridized carbons (Fsp3) is 0.350. The number of nitrogens with two attached hydrogens (primary N) is 1. The van der Waals surface area contributed by atoms with E-state index in [9.17, 15) is 26.6 Å². The van der Waals surface area contributed by atoms with Crippen LogP contribution in [0, 0.1) is 5.82 Å². The maximum atomic E-state index is 14.3. The molecule has 1 aromatic heterocycles. The zero-order valence-electron chi connectivity index (χ0n) is 17.6. The Bertz CT molecular complexity index is 1120. The standard InChI is InChI=1S/C20H21F4N5O4S/c21-15-4-2-1-3-14(15)18(33-8-7-30)19(31)28-10-13(16(25)11-28)9-26-34(32)17-5-6-29(27-17)12-20(22,23)24/h1-6,9,18,30H,7-8,10-12,25H2/b26-9+. The minimum absolute atomic E-state index is 0.00261. The van der Waals surface area contributed by atoms with Gasteiger partial charge in [0.05, 0.1) is 19.8 Å². The molecule has 9 nitrogen and oxygen atoms in total. The van der Waals surface area contributed by atoms with Crippen LogP contribution in [0.15, 0.2) is 57.2 Å². The Kier molecular flexibility index (Phi) is 8.17. The van der Waals surface area contributed by atoms with Gasteiger partial charge in [0, 0.05) is 35.8 Å². The first kappa shape index (κ1) is 25.5. The van der Waals surface area contributed by atoms with E-state index in [0.717, 1.165) is 18.5 Å². The van der Waals surface area contributed by atoms with E-state index in [1.807, 2.05) is 0 Å². The first-order chi connectivity index (χ1) is 16.1. The molecular weight excluding hydrogens is 482 g/mol. The predicted octanol–water partition coefficient (Wildman–Crippen LogP) is 1.48. The average Bonchev–Trinajstić information content (AvgIpc) is 3.38. The van der Waals surface area contributed by atoms with Crippen molar-refractivity contribution in [2.75, 3.05) is 26.3 Å². The number of hydrogen-bond donors (Lipinski definition) is 2. The fourth-order valence-electron chi connectivity index (χ4n) is 3.14. The lowest BCUT2D eigenvalue weighted by Crippen LogP contribution is -2.36. The number of carbonyl (C=O) groups excluding carboxylic acids is 1. The number of halogens is 4. The van der Waals surface area contributed by atoms with Crippen LogP contribution >= 0.6 is 0 Å². The molecule has 3 rings (SSSR count). The van der Waals surface area contributed by atoms with Crippen molar-refractivity contribution in [1.82, 2.24) is 14.7 Å². The highest BCUT2D eigenvalue weighted by atomic mass is 32.2. The summed E-state index contributed by atoms with van der Waals surface area (Å²) in [6.07, 6.45) is -3.60. The third kappa shape index (κ3) is 6.48. The largest absolute Gasteiger partial charge is 0.408 e. The van der Waals surface area contributed by atoms with E-state index in [2.05, 4.69) is 9.50 Å². The SMILES string of the molecule is NC1=C(/C=N/S(=O)c2ccn(CC(F)(F)F)n2)CN(C(=O)C(OCCO)c2ccccc2F)C1. The van der Waals surface area contributed by atoms with Crippen LogP contribution in [0.2, 0.25) is 0 Å². The van der Waals surface area contributed by atoms with Gasteiger partial charge < -0.3 is 20.5 Å². The van der Waals surface area contributed by atoms with Crippen molar-refractivity contribution in [2.24, 2.45) is 10.1 Å². The number of carbonyl (C=O) groups is 1. The van der Waals surface area contributed by atoms with Crippen LogP contribution in [-0.2, 0) is 27.1 Å². The van der Waals surface area contributed by atoms with Crippen molar-refractivity contribution in [3.63, 3.8) is 0 Å². The minimum atomic E-state index is -4.48. The average molecular weight is 503 g/mol. The Morgan fingerprint density at radius 2 is 2.06 bits per heavy atom. The summed E-state index contributed by atoms with van der Waals surface area (Å²) >= 11 is 0. The van der Waals surface area contributed by atoms with Crippen LogP contribution in [0.4, 0.5) is 17.6 Å². The Labute approximate surface area is 194 Å². The molecule has 34 heavy (non-hydrogen) atoms. The van der Waals surface area contributed by atoms with Gasteiger partial charge >= 0.3 is 6.18 Å². The fourth-order valence-corrected chi connectivity index (χ4v) is 3.82. The van der Waals surface area contributed by atoms with Gasteiger partial charge in [0.2, 0.25) is 0 Å². The molecule has 1 amide bonds. The molecule has 0 saturated carbocycles. The number of aliphatic hydroxyl groups excluding tert-OH is 1. The Morgan fingerprint density at radius 3 is 2.74 bits per heavy atom. The van der Waals surface area contributed by atoms with Gasteiger partial charge in [-0.05, 0) is 12.1 Å². The summed E-state index contributed by atoms with van der Waals surface area (Å²) in [4.78, 5) is 14.3. The molecule has 2 unspecified atom stereocenters. The topological polar surface area (TPSA) is 123 Å². The summed E-state index contributed by atoms with van der Waals surface area (Å²) in [5, 5.41) is 12.5. The molecule has 1 aliphatic heterocycles. The van der Waals surface area contributed by atoms with Gasteiger partial charge in [-0.2, -0.15) is 22.7 Å². The lowest BCUT2D eigenvalue weighted by atomic mass is 10.1. The molecule has 0 spiro atoms. The summed E-state index contributed by atoms with van der Waals surface area (Å²) in [7, 11) is -2.09. The summed E-state index contributed by atoms with van der Waals surface area (Å²) in [5.41, 5.74) is 6.56. The lowest BCUT2D eigenvalue weighted by molar-refractivity contribution is -0.144. The highest BCUT2D eigenvalue weighted by molar-refractivity contribution is 7.83. The summed E-state index contributed by atoms with van der Waals surface area (Å²) in [6, 6.07) is 6.73. The molecule has 2 atom stereocenters. The minimum Gasteiger partial charge on any atom is -0.400 e. The summed E-state index contributed by atoms with van der Waals surface area (Å²) in [6.45, 7) is -1.97. The van der Waals surface area contributed by atoms with E-state index < -0.39 is 41.5 Å². The highest BCUT2D eigenvalue weighted by Gasteiger charge is 2.33. The van der Waals surface area contributed by atoms with Crippen molar-refractivity contribution >= 4 is 23.1 Å². The molecule has 2 aromatic rings. The first-order valence-electron chi connectivity index (χ1n) is 9.88. The summed E-state index contributed by atoms with van der Waals surface area (Å²) < 4.78 is 73.6. The van der Waals surface area contributed by atoms with Gasteiger partial charge in [0.15, 0.2) is 22.1 Å². The number of hydrogen-bond acceptors (Lipinski definition) is 6. The van der Waals surface area contributed by atoms with Crippen LogP contribution in [0.3, 0.4) is 0 Å². The molecule has 184 valence electrons. The number of rotatable bonds is 9. The lowest BCUT2D eigenvalue weighted by Gasteiger charge is -2.24. The monoisotopic (exact) mass is 503 g/mol. The molecule has 14 heteroatoms. The molecular formula is C20H21F4N5O4S. The zero-order valence-corrected chi connectivity index (χ0v) is 18.4. The number of nitrogens with zero attached hydrogens (tertiary/aromatic N) is 4. The quantitative estimate of drug-likeness (QED) is 0.395. The summed E-state index contributed by atoms with van der Waals surface area (Å²) in [5.74, 6) is -1.25. The Balaban J connectivity index is 1.68. The van der Waals surface area contributed by atoms with Gasteiger partial charge in [-0.1, -0.05) is 18.2 Å². The third-order valence-corrected chi connectivity index (χ3v) is 5.55. The van der Waals surface area contributed by atoms with Gasteiger partial charge in [0.25, 0.3) is 5.91 Å². The van der Waals surface area contributed by atoms with E-state index in [1.54, 1.807) is 6.07 Å². The second-order valence-electron chi connectivity index (χ2n) is 7.19. The predicted molar refractivity (Wildman–Crippen MR) is 113 cm³/mol. The third-order valence-electron chi connectivity index (χ3n) is 4.67. The highest BCUT2D eigenvalue weighted by Crippen LogP contribution is 2.26. The van der Waals surface area contributed by atoms with E-state index >= 15 is 0 Å². The van der Waals surface area contributed by atoms with Gasteiger partial charge in [0.1, 0.15) is 12.4 Å². The van der Waals surface area contributed by atoms with Crippen molar-refractivity contribution < 1.29 is 36.4 Å². The van der Waals surface area contributed by atoms with E-state index in [0.29, 0.717) is 10.3 Å². The molecule has 1 aromatic carbocycles. The number of alkyl halides is 3. The second kappa shape index (κ2) is 10.9. The van der Waals surface area contributed by atoms with Crippen molar-refractivity contribution in [3.8, 4) is 0 Å². The molecule has 0 radical (unpaired) electrons. The Morgan fingerprint density at radius 1 is 1.32 bits per heavy atom. The van der Waals surface area contributed by atoms with Crippen molar-refractivity contribution in [1.29, 1.82) is 0 Å². The maximum absolute atomic E-state index is 14.3. The molecule has 3 N–H and O–H groups in total. The van der Waals surface area contributed by atoms with Gasteiger partial charge in [-0.3, -0.25) is 9.48 Å². The van der Waals surface area contributed by atoms with Gasteiger partial charge in [-0.15, -0.1) is 0 Å². The number of aliphatic hydroxyl groups is 1. The molecule has 0 bridgehead atoms. The maximum Gasteiger partial charge on any atom is 0.408 e. The normalized spacial score (nSPS) is 16.4.